The van der Waals surface area contributed by atoms with E-state index in [9.17, 15) is 4.79 Å². The van der Waals surface area contributed by atoms with Crippen LogP contribution in [0.1, 0.15) is 24.2 Å². The summed E-state index contributed by atoms with van der Waals surface area (Å²) in [6.45, 7) is 3.85. The number of halogens is 1. The smallest absolute Gasteiger partial charge is 0.323 e. The minimum Gasteiger partial charge on any atom is -0.482 e. The van der Waals surface area contributed by atoms with E-state index in [1.54, 1.807) is 12.1 Å². The van der Waals surface area contributed by atoms with E-state index in [-0.39, 0.29) is 18.0 Å². The molecule has 144 valence electrons. The Morgan fingerprint density at radius 1 is 1.11 bits per heavy atom. The van der Waals surface area contributed by atoms with Gasteiger partial charge in [0.25, 0.3) is 0 Å². The zero-order valence-corrected chi connectivity index (χ0v) is 16.3. The van der Waals surface area contributed by atoms with Crippen LogP contribution in [0.25, 0.3) is 0 Å². The first kappa shape index (κ1) is 19.5. The van der Waals surface area contributed by atoms with Crippen molar-refractivity contribution in [2.45, 2.75) is 20.0 Å². The number of amides is 2. The molecule has 0 aliphatic heterocycles. The highest BCUT2D eigenvalue weighted by molar-refractivity contribution is 6.30. The van der Waals surface area contributed by atoms with Crippen LogP contribution in [0.5, 0.6) is 5.75 Å². The molecule has 0 radical (unpaired) electrons. The van der Waals surface area contributed by atoms with E-state index in [0.29, 0.717) is 16.5 Å². The Morgan fingerprint density at radius 3 is 2.50 bits per heavy atom. The number of pyridine rings is 1. The summed E-state index contributed by atoms with van der Waals surface area (Å²) in [5.41, 5.74) is 9.15. The molecule has 1 atom stereocenters. The summed E-state index contributed by atoms with van der Waals surface area (Å²) in [6, 6.07) is 16.3. The van der Waals surface area contributed by atoms with Gasteiger partial charge in [-0.3, -0.25) is 0 Å². The molecule has 4 N–H and O–H groups in total. The lowest BCUT2D eigenvalue weighted by Gasteiger charge is -2.17. The lowest BCUT2D eigenvalue weighted by atomic mass is 10.1. The van der Waals surface area contributed by atoms with Gasteiger partial charge in [-0.1, -0.05) is 35.9 Å². The fraction of sp³-hybridized carbons (Fsp3) is 0.143. The van der Waals surface area contributed by atoms with Crippen LogP contribution < -0.4 is 21.1 Å². The Kier molecular flexibility index (Phi) is 6.01. The van der Waals surface area contributed by atoms with Crippen LogP contribution in [0.15, 0.2) is 60.8 Å². The molecule has 0 fully saturated rings. The summed E-state index contributed by atoms with van der Waals surface area (Å²) < 4.78 is 5.88. The van der Waals surface area contributed by atoms with Crippen LogP contribution >= 0.6 is 11.6 Å². The highest BCUT2D eigenvalue weighted by Gasteiger charge is 2.12. The van der Waals surface area contributed by atoms with Crippen molar-refractivity contribution in [3.8, 4) is 5.75 Å². The predicted octanol–water partition coefficient (Wildman–Crippen LogP) is 5.41. The number of nitrogens with two attached hydrogens (primary N) is 1. The van der Waals surface area contributed by atoms with Crippen LogP contribution in [0.2, 0.25) is 5.02 Å². The number of urea groups is 1. The molecule has 1 aromatic heterocycles. The number of nitrogen functional groups attached to an aromatic ring is 1. The Hall–Kier alpha value is -3.25. The summed E-state index contributed by atoms with van der Waals surface area (Å²) >= 11 is 5.95. The maximum atomic E-state index is 12.3. The first-order chi connectivity index (χ1) is 13.4. The van der Waals surface area contributed by atoms with Gasteiger partial charge in [-0.15, -0.1) is 0 Å². The van der Waals surface area contributed by atoms with Crippen molar-refractivity contribution >= 4 is 34.8 Å². The van der Waals surface area contributed by atoms with Crippen molar-refractivity contribution in [1.82, 2.24) is 4.98 Å². The number of rotatable bonds is 5. The molecule has 0 aliphatic carbocycles. The van der Waals surface area contributed by atoms with Gasteiger partial charge in [0.15, 0.2) is 11.6 Å². The van der Waals surface area contributed by atoms with E-state index in [1.165, 1.54) is 6.20 Å². The van der Waals surface area contributed by atoms with Gasteiger partial charge < -0.3 is 21.1 Å². The second kappa shape index (κ2) is 8.63. The largest absolute Gasteiger partial charge is 0.482 e. The summed E-state index contributed by atoms with van der Waals surface area (Å²) in [6.07, 6.45) is 1.15. The first-order valence-corrected chi connectivity index (χ1v) is 9.11. The van der Waals surface area contributed by atoms with Crippen molar-refractivity contribution in [3.63, 3.8) is 0 Å². The van der Waals surface area contributed by atoms with Gasteiger partial charge >= 0.3 is 6.03 Å². The molecule has 7 heteroatoms. The number of carbonyl (C=O) groups is 1. The number of aryl methyl sites for hydroxylation is 1. The fourth-order valence-electron chi connectivity index (χ4n) is 2.67. The first-order valence-electron chi connectivity index (χ1n) is 8.73. The Labute approximate surface area is 168 Å². The van der Waals surface area contributed by atoms with Gasteiger partial charge in [0.1, 0.15) is 6.10 Å². The van der Waals surface area contributed by atoms with Crippen molar-refractivity contribution in [3.05, 3.63) is 76.9 Å². The maximum absolute atomic E-state index is 12.3. The Balaban J connectivity index is 1.67. The highest BCUT2D eigenvalue weighted by Crippen LogP contribution is 2.29. The van der Waals surface area contributed by atoms with Gasteiger partial charge in [0, 0.05) is 23.6 Å². The zero-order chi connectivity index (χ0) is 20.1. The van der Waals surface area contributed by atoms with Crippen molar-refractivity contribution in [2.24, 2.45) is 0 Å². The highest BCUT2D eigenvalue weighted by atomic mass is 35.5. The fourth-order valence-corrected chi connectivity index (χ4v) is 2.82. The minimum absolute atomic E-state index is 0.267. The summed E-state index contributed by atoms with van der Waals surface area (Å²) in [5.74, 6) is 0.679. The molecule has 0 saturated carbocycles. The minimum atomic E-state index is -0.320. The Bertz CT molecular complexity index is 994. The molecule has 3 aromatic rings. The molecule has 1 unspecified atom stereocenters. The van der Waals surface area contributed by atoms with Crippen LogP contribution in [0.4, 0.5) is 22.0 Å². The second-order valence-electron chi connectivity index (χ2n) is 6.37. The third-order valence-corrected chi connectivity index (χ3v) is 4.25. The third kappa shape index (κ3) is 5.14. The van der Waals surface area contributed by atoms with E-state index in [0.717, 1.165) is 16.8 Å². The van der Waals surface area contributed by atoms with E-state index >= 15 is 0 Å². The number of ether oxygens (including phenoxy) is 1. The molecule has 6 nitrogen and oxygen atoms in total. The third-order valence-electron chi connectivity index (χ3n) is 4.04. The molecule has 0 bridgehead atoms. The van der Waals surface area contributed by atoms with E-state index in [1.807, 2.05) is 56.3 Å². The number of nitrogens with zero attached hydrogens (tertiary/aromatic N) is 1. The van der Waals surface area contributed by atoms with Gasteiger partial charge in [0.2, 0.25) is 0 Å². The lowest BCUT2D eigenvalue weighted by molar-refractivity contribution is 0.227. The van der Waals surface area contributed by atoms with Crippen molar-refractivity contribution in [1.29, 1.82) is 0 Å². The normalized spacial score (nSPS) is 11.5. The number of hydrogen-bond donors (Lipinski definition) is 3. The molecule has 0 saturated heterocycles. The molecule has 3 rings (SSSR count). The van der Waals surface area contributed by atoms with Crippen LogP contribution in [-0.2, 0) is 0 Å². The molecular formula is C21H21ClN4O2. The topological polar surface area (TPSA) is 89.3 Å². The quantitative estimate of drug-likeness (QED) is 0.537. The molecule has 0 aliphatic rings. The average molecular weight is 397 g/mol. The van der Waals surface area contributed by atoms with Gasteiger partial charge in [-0.25, -0.2) is 9.78 Å². The number of hydrogen-bond acceptors (Lipinski definition) is 4. The SMILES string of the molecule is Cc1cccc(NC(=O)Nc2cccc(C(C)Oc3cc(Cl)cnc3N)c2)c1. The molecule has 0 spiro atoms. The molecular weight excluding hydrogens is 376 g/mol. The van der Waals surface area contributed by atoms with Crippen LogP contribution in [-0.4, -0.2) is 11.0 Å². The number of carbonyl (C=O) groups excluding carboxylic acids is 1. The summed E-state index contributed by atoms with van der Waals surface area (Å²) in [5, 5.41) is 6.08. The summed E-state index contributed by atoms with van der Waals surface area (Å²) in [7, 11) is 0. The van der Waals surface area contributed by atoms with E-state index in [2.05, 4.69) is 15.6 Å². The second-order valence-corrected chi connectivity index (χ2v) is 6.81. The number of anilines is 3. The maximum Gasteiger partial charge on any atom is 0.323 e. The van der Waals surface area contributed by atoms with Gasteiger partial charge in [-0.05, 0) is 49.2 Å². The monoisotopic (exact) mass is 396 g/mol. The Morgan fingerprint density at radius 2 is 1.79 bits per heavy atom. The number of benzene rings is 2. The van der Waals surface area contributed by atoms with Crippen LogP contribution in [0, 0.1) is 6.92 Å². The van der Waals surface area contributed by atoms with Crippen LogP contribution in [0.3, 0.4) is 0 Å². The number of nitrogens with one attached hydrogen (secondary N) is 2. The molecule has 2 aromatic carbocycles. The van der Waals surface area contributed by atoms with E-state index in [4.69, 9.17) is 22.1 Å². The van der Waals surface area contributed by atoms with Crippen molar-refractivity contribution in [2.75, 3.05) is 16.4 Å². The predicted molar refractivity (Wildman–Crippen MR) is 113 cm³/mol. The van der Waals surface area contributed by atoms with Gasteiger partial charge in [-0.2, -0.15) is 0 Å². The standard InChI is InChI=1S/C21H21ClN4O2/c1-13-5-3-7-17(9-13)25-21(27)26-18-8-4-6-15(10-18)14(2)28-19-11-16(22)12-24-20(19)23/h3-12,14H,1-2H3,(H2,23,24)(H2,25,26,27). The van der Waals surface area contributed by atoms with Crippen molar-refractivity contribution < 1.29 is 9.53 Å². The molecule has 2 amide bonds. The van der Waals surface area contributed by atoms with Gasteiger partial charge in [0.05, 0.1) is 5.02 Å². The summed E-state index contributed by atoms with van der Waals surface area (Å²) in [4.78, 5) is 16.2. The molecule has 1 heterocycles. The lowest BCUT2D eigenvalue weighted by Crippen LogP contribution is -2.19. The van der Waals surface area contributed by atoms with E-state index < -0.39 is 0 Å². The molecule has 28 heavy (non-hydrogen) atoms. The zero-order valence-electron chi connectivity index (χ0n) is 15.6. The average Bonchev–Trinajstić information content (AvgIpc) is 2.65. The number of aromatic nitrogens is 1.